The summed E-state index contributed by atoms with van der Waals surface area (Å²) >= 11 is 0. The fraction of sp³-hybridized carbons (Fsp3) is 0.600. The summed E-state index contributed by atoms with van der Waals surface area (Å²) in [7, 11) is 6.79. The summed E-state index contributed by atoms with van der Waals surface area (Å²) in [5.41, 5.74) is 3.02. The smallest absolute Gasteiger partial charge is 0.303 e. The number of allylic oxidation sites excluding steroid dienone is 1. The number of phenols is 1. The van der Waals surface area contributed by atoms with Gasteiger partial charge in [0.25, 0.3) is 5.91 Å². The summed E-state index contributed by atoms with van der Waals surface area (Å²) in [6, 6.07) is 2.06. The zero-order valence-corrected chi connectivity index (χ0v) is 28.2. The number of hydrogen-bond donors (Lipinski definition) is 6. The number of amides is 1. The minimum absolute atomic E-state index is 0.00184. The van der Waals surface area contributed by atoms with E-state index in [4.69, 9.17) is 10.8 Å². The molecule has 0 heterocycles. The van der Waals surface area contributed by atoms with Gasteiger partial charge in [-0.3, -0.25) is 24.1 Å². The molecule has 1 aromatic carbocycles. The minimum atomic E-state index is -2.63. The second kappa shape index (κ2) is 15.8. The maximum absolute atomic E-state index is 13.5. The van der Waals surface area contributed by atoms with Crippen molar-refractivity contribution in [3.05, 3.63) is 45.9 Å². The van der Waals surface area contributed by atoms with Crippen LogP contribution in [-0.2, 0) is 20.8 Å². The van der Waals surface area contributed by atoms with E-state index in [1.165, 1.54) is 55.9 Å². The maximum atomic E-state index is 13.5. The number of likely N-dealkylation sites (N-methyl/N-ethyl adjacent to an activating group) is 1. The molecule has 1 aromatic rings. The molecule has 4 rings (SSSR count). The van der Waals surface area contributed by atoms with Crippen molar-refractivity contribution >= 4 is 29.1 Å². The maximum Gasteiger partial charge on any atom is 0.303 e. The van der Waals surface area contributed by atoms with Gasteiger partial charge in [-0.15, -0.1) is 0 Å². The van der Waals surface area contributed by atoms with Crippen LogP contribution in [0.3, 0.4) is 0 Å². The molecule has 4 atom stereocenters. The van der Waals surface area contributed by atoms with Crippen molar-refractivity contribution in [2.45, 2.75) is 95.6 Å². The Labute approximate surface area is 276 Å². The number of Topliss-reactive ketones (excluding diaryl/α,β-unsaturated/α-hetero) is 2. The summed E-state index contributed by atoms with van der Waals surface area (Å²) in [5, 5.41) is 52.3. The number of ketones is 2. The molecule has 0 spiro atoms. The first-order chi connectivity index (χ1) is 22.1. The highest BCUT2D eigenvalue weighted by molar-refractivity contribution is 6.24. The van der Waals surface area contributed by atoms with Crippen LogP contribution in [0.25, 0.3) is 0 Å². The van der Waals surface area contributed by atoms with Crippen molar-refractivity contribution in [3.8, 4) is 5.75 Å². The SMILES string of the molecule is CCCCCCCCCCCC(=O)O.CN(C)c1ccc(O)c2c1C[C@H]1C[C@H]3[C@H](N(C)C)C(O)=C(C(N)=O)C(=O)[C@@]3(O)C(O)=C1C2=O. The summed E-state index contributed by atoms with van der Waals surface area (Å²) < 4.78 is 0. The van der Waals surface area contributed by atoms with E-state index in [-0.39, 0.29) is 29.7 Å². The third-order valence-electron chi connectivity index (χ3n) is 9.56. The molecule has 0 bridgehead atoms. The van der Waals surface area contributed by atoms with Gasteiger partial charge in [0.15, 0.2) is 11.4 Å². The number of aliphatic carboxylic acids is 1. The highest BCUT2D eigenvalue weighted by atomic mass is 16.4. The van der Waals surface area contributed by atoms with Crippen molar-refractivity contribution in [2.75, 3.05) is 33.1 Å². The first-order valence-corrected chi connectivity index (χ1v) is 16.5. The molecule has 0 aliphatic heterocycles. The molecule has 3 aliphatic rings. The van der Waals surface area contributed by atoms with E-state index < -0.39 is 64.0 Å². The average Bonchev–Trinajstić information content (AvgIpc) is 2.98. The van der Waals surface area contributed by atoms with Crippen molar-refractivity contribution < 1.29 is 44.7 Å². The number of carbonyl (C=O) groups excluding carboxylic acids is 3. The summed E-state index contributed by atoms with van der Waals surface area (Å²) in [6.07, 6.45) is 11.8. The van der Waals surface area contributed by atoms with Crippen molar-refractivity contribution in [2.24, 2.45) is 17.6 Å². The first kappa shape index (κ1) is 37.6. The number of anilines is 1. The van der Waals surface area contributed by atoms with E-state index in [0.717, 1.165) is 18.5 Å². The van der Waals surface area contributed by atoms with Crippen LogP contribution in [0.5, 0.6) is 5.75 Å². The standard InChI is InChI=1S/C23H27N3O7.C12H24O2/c1-25(2)12-5-6-13(27)15-10(12)7-9-8-11-17(26(3)4)19(29)16(22(24)32)21(31)23(11,33)20(30)14(9)18(15)28;1-2-3-4-5-6-7-8-9-10-11-12(13)14/h5-6,9,11,17,27,29-30,33H,7-8H2,1-4H3,(H2,24,32);2-11H2,1H3,(H,13,14)/t9-,11-,17-,23-;/m0./s1. The number of benzene rings is 1. The van der Waals surface area contributed by atoms with E-state index in [2.05, 4.69) is 6.92 Å². The van der Waals surface area contributed by atoms with Crippen LogP contribution < -0.4 is 10.6 Å². The average molecular weight is 658 g/mol. The lowest BCUT2D eigenvalue weighted by atomic mass is 9.58. The molecule has 0 fully saturated rings. The summed E-state index contributed by atoms with van der Waals surface area (Å²) in [4.78, 5) is 52.2. The molecule has 0 radical (unpaired) electrons. The highest BCUT2D eigenvalue weighted by Gasteiger charge is 2.63. The molecule has 3 aliphatic carbocycles. The first-order valence-electron chi connectivity index (χ1n) is 16.5. The van der Waals surface area contributed by atoms with Crippen LogP contribution >= 0.6 is 0 Å². The van der Waals surface area contributed by atoms with Crippen LogP contribution in [0.4, 0.5) is 5.69 Å². The number of fused-ring (bicyclic) bond motifs is 3. The Hall–Kier alpha value is -3.90. The van der Waals surface area contributed by atoms with E-state index in [0.29, 0.717) is 12.0 Å². The number of primary amides is 1. The Morgan fingerprint density at radius 3 is 2.02 bits per heavy atom. The van der Waals surface area contributed by atoms with E-state index in [9.17, 15) is 39.6 Å². The largest absolute Gasteiger partial charge is 0.510 e. The predicted octanol–water partition coefficient (Wildman–Crippen LogP) is 4.18. The van der Waals surface area contributed by atoms with Crippen molar-refractivity contribution in [3.63, 3.8) is 0 Å². The topological polar surface area (TPSA) is 202 Å². The number of nitrogens with two attached hydrogens (primary N) is 1. The van der Waals surface area contributed by atoms with Crippen molar-refractivity contribution in [1.29, 1.82) is 0 Å². The van der Waals surface area contributed by atoms with E-state index in [1.54, 1.807) is 39.2 Å². The highest BCUT2D eigenvalue weighted by Crippen LogP contribution is 2.53. The Bertz CT molecular complexity index is 1430. The number of unbranched alkanes of at least 4 members (excludes halogenated alkanes) is 8. The molecule has 47 heavy (non-hydrogen) atoms. The molecule has 0 saturated heterocycles. The fourth-order valence-corrected chi connectivity index (χ4v) is 7.24. The number of aromatic hydroxyl groups is 1. The van der Waals surface area contributed by atoms with Gasteiger partial charge in [-0.1, -0.05) is 58.3 Å². The number of aliphatic hydroxyl groups excluding tert-OH is 2. The summed E-state index contributed by atoms with van der Waals surface area (Å²) in [6.45, 7) is 2.23. The Morgan fingerprint density at radius 1 is 0.936 bits per heavy atom. The lowest BCUT2D eigenvalue weighted by Crippen LogP contribution is -2.63. The number of carboxylic acid groups (broad SMARTS) is 1. The van der Waals surface area contributed by atoms with Crippen LogP contribution in [0.1, 0.15) is 93.5 Å². The van der Waals surface area contributed by atoms with Gasteiger partial charge in [0.1, 0.15) is 22.8 Å². The van der Waals surface area contributed by atoms with Crippen LogP contribution in [0.2, 0.25) is 0 Å². The van der Waals surface area contributed by atoms with Gasteiger partial charge in [0.2, 0.25) is 5.78 Å². The predicted molar refractivity (Wildman–Crippen MR) is 177 cm³/mol. The lowest BCUT2D eigenvalue weighted by Gasteiger charge is -2.50. The van der Waals surface area contributed by atoms with Gasteiger partial charge < -0.3 is 36.2 Å². The minimum Gasteiger partial charge on any atom is -0.510 e. The second-order valence-electron chi connectivity index (χ2n) is 13.3. The molecular weight excluding hydrogens is 606 g/mol. The molecule has 7 N–H and O–H groups in total. The number of hydrogen-bond acceptors (Lipinski definition) is 10. The van der Waals surface area contributed by atoms with Gasteiger partial charge in [-0.2, -0.15) is 0 Å². The normalized spacial score (nSPS) is 23.5. The van der Waals surface area contributed by atoms with Crippen LogP contribution in [-0.4, -0.2) is 93.7 Å². The van der Waals surface area contributed by atoms with E-state index >= 15 is 0 Å². The zero-order valence-electron chi connectivity index (χ0n) is 28.2. The number of carboxylic acids is 1. The molecular formula is C35H51N3O9. The van der Waals surface area contributed by atoms with Crippen molar-refractivity contribution in [1.82, 2.24) is 4.90 Å². The number of nitrogens with zero attached hydrogens (tertiary/aromatic N) is 2. The number of rotatable bonds is 13. The van der Waals surface area contributed by atoms with Gasteiger partial charge in [-0.05, 0) is 57.0 Å². The molecule has 0 saturated carbocycles. The van der Waals surface area contributed by atoms with E-state index in [1.807, 2.05) is 0 Å². The number of aliphatic hydroxyl groups is 3. The number of carbonyl (C=O) groups is 4. The Kier molecular flexibility index (Phi) is 12.6. The zero-order chi connectivity index (χ0) is 35.2. The molecule has 12 nitrogen and oxygen atoms in total. The van der Waals surface area contributed by atoms with Crippen LogP contribution in [0.15, 0.2) is 34.8 Å². The van der Waals surface area contributed by atoms with Gasteiger partial charge in [0.05, 0.1) is 11.6 Å². The lowest BCUT2D eigenvalue weighted by molar-refractivity contribution is -0.148. The fourth-order valence-electron chi connectivity index (χ4n) is 7.24. The Morgan fingerprint density at radius 2 is 1.51 bits per heavy atom. The molecule has 260 valence electrons. The Balaban J connectivity index is 0.000000363. The quantitative estimate of drug-likeness (QED) is 0.131. The van der Waals surface area contributed by atoms with Crippen LogP contribution in [0, 0.1) is 11.8 Å². The van der Waals surface area contributed by atoms with Gasteiger partial charge in [-0.25, -0.2) is 0 Å². The second-order valence-corrected chi connectivity index (χ2v) is 13.3. The third kappa shape index (κ3) is 7.65. The molecule has 0 unspecified atom stereocenters. The monoisotopic (exact) mass is 657 g/mol. The number of phenolic OH excluding ortho intramolecular Hbond substituents is 1. The third-order valence-corrected chi connectivity index (χ3v) is 9.56. The summed E-state index contributed by atoms with van der Waals surface area (Å²) in [5.74, 6) is -7.19. The molecule has 0 aromatic heterocycles. The molecule has 12 heteroatoms. The van der Waals surface area contributed by atoms with Gasteiger partial charge in [0, 0.05) is 37.7 Å². The van der Waals surface area contributed by atoms with Gasteiger partial charge >= 0.3 is 5.97 Å². The molecule has 1 amide bonds.